The van der Waals surface area contributed by atoms with Crippen LogP contribution in [-0.4, -0.2) is 22.4 Å². The molecule has 2 unspecified atom stereocenters. The van der Waals surface area contributed by atoms with Crippen molar-refractivity contribution < 1.29 is 10.2 Å². The van der Waals surface area contributed by atoms with E-state index < -0.39 is 12.2 Å². The molecule has 0 spiro atoms. The zero-order valence-electron chi connectivity index (χ0n) is 15.4. The quantitative estimate of drug-likeness (QED) is 0.324. The van der Waals surface area contributed by atoms with E-state index in [4.69, 9.17) is 0 Å². The maximum Gasteiger partial charge on any atom is 0.0799 e. The number of aliphatic hydroxyl groups is 2. The Hall–Kier alpha value is -0.0800. The van der Waals surface area contributed by atoms with Crippen molar-refractivity contribution >= 4 is 0 Å². The minimum atomic E-state index is -0.504. The number of hydrogen-bond donors (Lipinski definition) is 2. The van der Waals surface area contributed by atoms with Gasteiger partial charge in [-0.15, -0.1) is 0 Å². The fourth-order valence-electron chi connectivity index (χ4n) is 3.01. The summed E-state index contributed by atoms with van der Waals surface area (Å²) in [5.41, 5.74) is 0. The van der Waals surface area contributed by atoms with E-state index in [0.29, 0.717) is 0 Å². The predicted molar refractivity (Wildman–Crippen MR) is 97.2 cm³/mol. The lowest BCUT2D eigenvalue weighted by atomic mass is 9.99. The lowest BCUT2D eigenvalue weighted by molar-refractivity contribution is 0.00712. The van der Waals surface area contributed by atoms with Crippen LogP contribution < -0.4 is 0 Å². The van der Waals surface area contributed by atoms with Gasteiger partial charge >= 0.3 is 0 Å². The molecule has 22 heavy (non-hydrogen) atoms. The molecule has 0 amide bonds. The third-order valence-electron chi connectivity index (χ3n) is 4.65. The Balaban J connectivity index is 3.33. The van der Waals surface area contributed by atoms with Crippen molar-refractivity contribution in [1.82, 2.24) is 0 Å². The topological polar surface area (TPSA) is 40.5 Å². The summed E-state index contributed by atoms with van der Waals surface area (Å²) in [6, 6.07) is 0. The lowest BCUT2D eigenvalue weighted by Gasteiger charge is -2.17. The van der Waals surface area contributed by atoms with Crippen LogP contribution >= 0.6 is 0 Å². The van der Waals surface area contributed by atoms with Crippen LogP contribution in [0.1, 0.15) is 117 Å². The minimum Gasteiger partial charge on any atom is -0.390 e. The van der Waals surface area contributed by atoms with Crippen LogP contribution in [0.5, 0.6) is 0 Å². The highest BCUT2D eigenvalue weighted by Crippen LogP contribution is 2.15. The van der Waals surface area contributed by atoms with Crippen molar-refractivity contribution in [1.29, 1.82) is 0 Å². The largest absolute Gasteiger partial charge is 0.390 e. The number of unbranched alkanes of at least 4 members (excludes halogenated alkanes) is 12. The normalized spacial score (nSPS) is 14.2. The molecule has 134 valence electrons. The fourth-order valence-corrected chi connectivity index (χ4v) is 3.01. The Labute approximate surface area is 139 Å². The zero-order chi connectivity index (χ0) is 16.5. The molecule has 0 saturated carbocycles. The van der Waals surface area contributed by atoms with Gasteiger partial charge in [-0.3, -0.25) is 0 Å². The van der Waals surface area contributed by atoms with E-state index >= 15 is 0 Å². The van der Waals surface area contributed by atoms with Crippen LogP contribution in [0, 0.1) is 0 Å². The lowest BCUT2D eigenvalue weighted by Crippen LogP contribution is -2.25. The highest BCUT2D eigenvalue weighted by atomic mass is 16.3. The van der Waals surface area contributed by atoms with Crippen LogP contribution in [0.2, 0.25) is 0 Å². The van der Waals surface area contributed by atoms with Crippen LogP contribution in [0.15, 0.2) is 0 Å². The highest BCUT2D eigenvalue weighted by molar-refractivity contribution is 4.67. The smallest absolute Gasteiger partial charge is 0.0799 e. The van der Waals surface area contributed by atoms with E-state index in [1.54, 1.807) is 0 Å². The van der Waals surface area contributed by atoms with Crippen LogP contribution in [0.25, 0.3) is 0 Å². The van der Waals surface area contributed by atoms with Crippen LogP contribution in [0.4, 0.5) is 0 Å². The van der Waals surface area contributed by atoms with Gasteiger partial charge in [-0.25, -0.2) is 0 Å². The van der Waals surface area contributed by atoms with Crippen molar-refractivity contribution in [2.75, 3.05) is 0 Å². The SMILES string of the molecule is CCCCCCCCCCC(O)C(O)CCCCCCCC. The van der Waals surface area contributed by atoms with E-state index in [-0.39, 0.29) is 0 Å². The standard InChI is InChI=1S/C20H42O2/c1-3-5-7-9-11-12-14-16-18-20(22)19(21)17-15-13-10-8-6-4-2/h19-22H,3-18H2,1-2H3. The zero-order valence-corrected chi connectivity index (χ0v) is 15.4. The number of aliphatic hydroxyl groups excluding tert-OH is 2. The molecule has 0 aliphatic rings. The van der Waals surface area contributed by atoms with Crippen LogP contribution in [0.3, 0.4) is 0 Å². The van der Waals surface area contributed by atoms with E-state index in [1.807, 2.05) is 0 Å². The Kier molecular flexibility index (Phi) is 17.2. The first-order valence-corrected chi connectivity index (χ1v) is 10.1. The summed E-state index contributed by atoms with van der Waals surface area (Å²) >= 11 is 0. The molecule has 0 heterocycles. The monoisotopic (exact) mass is 314 g/mol. The molecular weight excluding hydrogens is 272 g/mol. The summed E-state index contributed by atoms with van der Waals surface area (Å²) in [6.07, 6.45) is 18.2. The Morgan fingerprint density at radius 2 is 0.727 bits per heavy atom. The summed E-state index contributed by atoms with van der Waals surface area (Å²) in [7, 11) is 0. The molecule has 2 nitrogen and oxygen atoms in total. The molecule has 0 aromatic heterocycles. The van der Waals surface area contributed by atoms with Gasteiger partial charge in [0, 0.05) is 0 Å². The van der Waals surface area contributed by atoms with E-state index in [0.717, 1.165) is 25.7 Å². The molecule has 0 radical (unpaired) electrons. The number of hydrogen-bond acceptors (Lipinski definition) is 2. The van der Waals surface area contributed by atoms with E-state index in [1.165, 1.54) is 77.0 Å². The first-order chi connectivity index (χ1) is 10.7. The van der Waals surface area contributed by atoms with E-state index in [9.17, 15) is 10.2 Å². The molecule has 0 aliphatic carbocycles. The maximum atomic E-state index is 9.98. The second-order valence-electron chi connectivity index (χ2n) is 6.95. The molecule has 0 rings (SSSR count). The van der Waals surface area contributed by atoms with Gasteiger partial charge in [0.2, 0.25) is 0 Å². The third kappa shape index (κ3) is 14.8. The molecule has 0 aromatic carbocycles. The molecule has 0 saturated heterocycles. The predicted octanol–water partition coefficient (Wildman–Crippen LogP) is 5.99. The van der Waals surface area contributed by atoms with Gasteiger partial charge in [0.15, 0.2) is 0 Å². The van der Waals surface area contributed by atoms with Gasteiger partial charge in [-0.05, 0) is 12.8 Å². The molecule has 2 N–H and O–H groups in total. The van der Waals surface area contributed by atoms with Crippen molar-refractivity contribution in [2.45, 2.75) is 129 Å². The molecular formula is C20H42O2. The average Bonchev–Trinajstić information content (AvgIpc) is 2.52. The molecule has 0 fully saturated rings. The highest BCUT2D eigenvalue weighted by Gasteiger charge is 2.14. The fraction of sp³-hybridized carbons (Fsp3) is 1.00. The minimum absolute atomic E-state index is 0.504. The summed E-state index contributed by atoms with van der Waals surface area (Å²) in [6.45, 7) is 4.48. The summed E-state index contributed by atoms with van der Waals surface area (Å²) in [5, 5.41) is 20.0. The van der Waals surface area contributed by atoms with Gasteiger partial charge < -0.3 is 10.2 Å². The Morgan fingerprint density at radius 1 is 0.455 bits per heavy atom. The second kappa shape index (κ2) is 17.3. The first kappa shape index (κ1) is 21.9. The van der Waals surface area contributed by atoms with Crippen molar-refractivity contribution in [3.8, 4) is 0 Å². The van der Waals surface area contributed by atoms with Crippen molar-refractivity contribution in [2.24, 2.45) is 0 Å². The molecule has 2 atom stereocenters. The maximum absolute atomic E-state index is 9.98. The van der Waals surface area contributed by atoms with Gasteiger partial charge in [0.25, 0.3) is 0 Å². The van der Waals surface area contributed by atoms with Crippen molar-refractivity contribution in [3.05, 3.63) is 0 Å². The van der Waals surface area contributed by atoms with Crippen LogP contribution in [-0.2, 0) is 0 Å². The summed E-state index contributed by atoms with van der Waals surface area (Å²) in [4.78, 5) is 0. The summed E-state index contributed by atoms with van der Waals surface area (Å²) in [5.74, 6) is 0. The van der Waals surface area contributed by atoms with Gasteiger partial charge in [0.05, 0.1) is 12.2 Å². The van der Waals surface area contributed by atoms with Gasteiger partial charge in [0.1, 0.15) is 0 Å². The van der Waals surface area contributed by atoms with Crippen molar-refractivity contribution in [3.63, 3.8) is 0 Å². The van der Waals surface area contributed by atoms with E-state index in [2.05, 4.69) is 13.8 Å². The molecule has 0 aliphatic heterocycles. The molecule has 0 bridgehead atoms. The Morgan fingerprint density at radius 3 is 1.05 bits per heavy atom. The first-order valence-electron chi connectivity index (χ1n) is 10.1. The third-order valence-corrected chi connectivity index (χ3v) is 4.65. The summed E-state index contributed by atoms with van der Waals surface area (Å²) < 4.78 is 0. The molecule has 0 aromatic rings. The number of rotatable bonds is 17. The van der Waals surface area contributed by atoms with Gasteiger partial charge in [-0.1, -0.05) is 104 Å². The average molecular weight is 315 g/mol. The second-order valence-corrected chi connectivity index (χ2v) is 6.95. The molecule has 2 heteroatoms. The Bertz CT molecular complexity index is 206. The van der Waals surface area contributed by atoms with Gasteiger partial charge in [-0.2, -0.15) is 0 Å².